The zero-order chi connectivity index (χ0) is 41.7. The number of hydrogen-bond donors (Lipinski definition) is 4. The van der Waals surface area contributed by atoms with Crippen LogP contribution in [0.4, 0.5) is 11.4 Å². The molecule has 60 heavy (non-hydrogen) atoms. The number of aromatic hydroxyl groups is 3. The number of nitrogens with one attached hydrogen (secondary N) is 1. The molecule has 5 aromatic carbocycles. The number of methoxy groups -OCH3 is 4. The number of carbonyl (C=O) groups excluding carboxylic acids is 2. The van der Waals surface area contributed by atoms with Crippen LogP contribution in [0, 0.1) is 0 Å². The van der Waals surface area contributed by atoms with E-state index in [9.17, 15) is 20.1 Å². The van der Waals surface area contributed by atoms with Crippen LogP contribution in [0.3, 0.4) is 0 Å². The molecule has 1 spiro atoms. The molecular weight excluding hydrogens is 767 g/mol. The molecule has 0 radical (unpaired) electrons. The molecule has 3 aliphatic heterocycles. The number of ketones is 1. The minimum atomic E-state index is -1.97. The van der Waals surface area contributed by atoms with Gasteiger partial charge in [0.2, 0.25) is 17.2 Å². The molecule has 4 heterocycles. The molecule has 10 rings (SSSR count). The summed E-state index contributed by atoms with van der Waals surface area (Å²) in [5.74, 6) is -1.77. The molecule has 1 aromatic heterocycles. The van der Waals surface area contributed by atoms with Crippen LogP contribution in [-0.4, -0.2) is 72.2 Å². The van der Waals surface area contributed by atoms with E-state index in [1.165, 1.54) is 52.7 Å². The number of aromatic amines is 1. The molecular formula is C47H35N3O10. The van der Waals surface area contributed by atoms with Gasteiger partial charge in [0, 0.05) is 56.7 Å². The maximum Gasteiger partial charge on any atom is 0.343 e. The predicted molar refractivity (Wildman–Crippen MR) is 224 cm³/mol. The first kappa shape index (κ1) is 36.4. The Kier molecular flexibility index (Phi) is 7.92. The summed E-state index contributed by atoms with van der Waals surface area (Å²) >= 11 is 0. The van der Waals surface area contributed by atoms with E-state index in [2.05, 4.69) is 9.98 Å². The van der Waals surface area contributed by atoms with Gasteiger partial charge >= 0.3 is 5.97 Å². The van der Waals surface area contributed by atoms with Gasteiger partial charge in [-0.2, -0.15) is 0 Å². The summed E-state index contributed by atoms with van der Waals surface area (Å²) in [5.41, 5.74) is 1.50. The van der Waals surface area contributed by atoms with Gasteiger partial charge in [-0.1, -0.05) is 36.4 Å². The Morgan fingerprint density at radius 1 is 0.700 bits per heavy atom. The van der Waals surface area contributed by atoms with Crippen molar-refractivity contribution >= 4 is 57.0 Å². The monoisotopic (exact) mass is 801 g/mol. The average Bonchev–Trinajstić information content (AvgIpc) is 4.03. The van der Waals surface area contributed by atoms with Gasteiger partial charge in [0.1, 0.15) is 5.75 Å². The average molecular weight is 802 g/mol. The number of ether oxygens (including phenoxy) is 5. The Morgan fingerprint density at radius 3 is 2.05 bits per heavy atom. The summed E-state index contributed by atoms with van der Waals surface area (Å²) in [6, 6.07) is 25.7. The van der Waals surface area contributed by atoms with Crippen LogP contribution in [0.25, 0.3) is 27.6 Å². The van der Waals surface area contributed by atoms with Crippen LogP contribution in [0.1, 0.15) is 32.6 Å². The summed E-state index contributed by atoms with van der Waals surface area (Å²) in [4.78, 5) is 40.8. The van der Waals surface area contributed by atoms with Crippen molar-refractivity contribution in [3.05, 3.63) is 143 Å². The third-order valence-electron chi connectivity index (χ3n) is 11.7. The van der Waals surface area contributed by atoms with E-state index < -0.39 is 23.0 Å². The molecule has 4 N–H and O–H groups in total. The summed E-state index contributed by atoms with van der Waals surface area (Å²) < 4.78 is 29.3. The van der Waals surface area contributed by atoms with Crippen LogP contribution in [0.5, 0.6) is 40.2 Å². The van der Waals surface area contributed by atoms with Crippen LogP contribution in [-0.2, 0) is 15.3 Å². The van der Waals surface area contributed by atoms with E-state index in [0.29, 0.717) is 39.1 Å². The third kappa shape index (κ3) is 4.76. The number of para-hydroxylation sites is 2. The standard InChI is InChI=1S/C47H35N3O10/c1-56-38-15-24(16-39(57-2)42(38)52)33-20-29(31-22-48-35-11-7-5-9-27(31)35)44(54)47(33)34(32-23-49-36-12-8-6-10-28(32)36)21-46(25-17-40(58-3)43(53)41(18-25)59-4)50(47)37-14-13-26(51)19-30(37)45(55)60-46/h5-23,49,51-53H,1-4H3. The number of aliphatic imine (C=N–C) groups is 1. The van der Waals surface area contributed by atoms with Crippen molar-refractivity contribution in [1.82, 2.24) is 4.98 Å². The molecule has 13 heteroatoms. The molecule has 13 nitrogen and oxygen atoms in total. The maximum atomic E-state index is 16.6. The smallest absolute Gasteiger partial charge is 0.343 e. The highest BCUT2D eigenvalue weighted by molar-refractivity contribution is 6.37. The number of fused-ring (bicyclic) bond motifs is 6. The lowest BCUT2D eigenvalue weighted by Crippen LogP contribution is -2.61. The number of phenolic OH excluding ortho intramolecular Hbond substituents is 3. The van der Waals surface area contributed by atoms with Crippen LogP contribution in [0.2, 0.25) is 0 Å². The minimum Gasteiger partial charge on any atom is -0.508 e. The number of rotatable bonds is 7. The fourth-order valence-electron chi connectivity index (χ4n) is 9.08. The topological polar surface area (TPSA) is 172 Å². The van der Waals surface area contributed by atoms with E-state index >= 15 is 4.79 Å². The van der Waals surface area contributed by atoms with Crippen molar-refractivity contribution in [2.75, 3.05) is 33.3 Å². The lowest BCUT2D eigenvalue weighted by molar-refractivity contribution is -0.117. The number of allylic oxidation sites excluding steroid dienone is 2. The fourth-order valence-corrected chi connectivity index (χ4v) is 9.08. The lowest BCUT2D eigenvalue weighted by Gasteiger charge is -2.50. The number of benzene rings is 5. The molecule has 0 fully saturated rings. The summed E-state index contributed by atoms with van der Waals surface area (Å²) in [6.07, 6.45) is 7.01. The predicted octanol–water partition coefficient (Wildman–Crippen LogP) is 7.82. The summed E-state index contributed by atoms with van der Waals surface area (Å²) in [7, 11) is 5.60. The Balaban J connectivity index is 1.41. The van der Waals surface area contributed by atoms with E-state index in [1.807, 2.05) is 54.7 Å². The van der Waals surface area contributed by atoms with Gasteiger partial charge in [-0.25, -0.2) is 4.79 Å². The van der Waals surface area contributed by atoms with Gasteiger partial charge < -0.3 is 48.9 Å². The van der Waals surface area contributed by atoms with E-state index in [-0.39, 0.29) is 57.1 Å². The molecule has 2 unspecified atom stereocenters. The molecule has 298 valence electrons. The molecule has 0 saturated carbocycles. The van der Waals surface area contributed by atoms with E-state index in [4.69, 9.17) is 23.7 Å². The molecule has 1 aliphatic carbocycles. The van der Waals surface area contributed by atoms with E-state index in [1.54, 1.807) is 41.5 Å². The van der Waals surface area contributed by atoms with Gasteiger partial charge in [-0.15, -0.1) is 0 Å². The quantitative estimate of drug-likeness (QED) is 0.0916. The van der Waals surface area contributed by atoms with Gasteiger partial charge in [-0.3, -0.25) is 9.79 Å². The second-order valence-corrected chi connectivity index (χ2v) is 14.6. The molecule has 4 aliphatic rings. The normalized spacial score (nSPS) is 21.1. The number of aromatic nitrogens is 1. The zero-order valence-corrected chi connectivity index (χ0v) is 32.6. The maximum absolute atomic E-state index is 16.6. The van der Waals surface area contributed by atoms with Gasteiger partial charge in [0.25, 0.3) is 0 Å². The second-order valence-electron chi connectivity index (χ2n) is 14.6. The summed E-state index contributed by atoms with van der Waals surface area (Å²) in [6.45, 7) is 0. The van der Waals surface area contributed by atoms with Crippen molar-refractivity contribution in [3.63, 3.8) is 0 Å². The van der Waals surface area contributed by atoms with Crippen LogP contribution < -0.4 is 23.8 Å². The third-order valence-corrected chi connectivity index (χ3v) is 11.7. The Morgan fingerprint density at radius 2 is 1.35 bits per heavy atom. The number of hydrogen-bond acceptors (Lipinski definition) is 12. The first-order valence-corrected chi connectivity index (χ1v) is 18.8. The molecule has 0 bridgehead atoms. The number of H-pyrrole nitrogens is 1. The zero-order valence-electron chi connectivity index (χ0n) is 32.6. The number of carbonyl (C=O) groups is 2. The Hall–Kier alpha value is -7.93. The largest absolute Gasteiger partial charge is 0.508 e. The number of nitrogens with zero attached hydrogens (tertiary/aromatic N) is 2. The van der Waals surface area contributed by atoms with Gasteiger partial charge in [0.05, 0.1) is 45.4 Å². The van der Waals surface area contributed by atoms with Crippen molar-refractivity contribution in [2.24, 2.45) is 4.99 Å². The van der Waals surface area contributed by atoms with Crippen LogP contribution in [0.15, 0.2) is 120 Å². The molecule has 2 atom stereocenters. The fraction of sp³-hybridized carbons (Fsp3) is 0.128. The van der Waals surface area contributed by atoms with Crippen molar-refractivity contribution in [1.29, 1.82) is 0 Å². The molecule has 0 saturated heterocycles. The Bertz CT molecular complexity index is 2960. The van der Waals surface area contributed by atoms with Crippen molar-refractivity contribution in [3.8, 4) is 40.2 Å². The van der Waals surface area contributed by atoms with Crippen molar-refractivity contribution < 1.29 is 48.6 Å². The molecule has 0 amide bonds. The Labute approximate surface area is 342 Å². The molecule has 6 aromatic rings. The second kappa shape index (κ2) is 13.0. The first-order valence-electron chi connectivity index (χ1n) is 18.8. The van der Waals surface area contributed by atoms with Gasteiger partial charge in [0.15, 0.2) is 34.3 Å². The number of anilines is 1. The highest BCUT2D eigenvalue weighted by Gasteiger charge is 2.69. The van der Waals surface area contributed by atoms with E-state index in [0.717, 1.165) is 16.5 Å². The highest BCUT2D eigenvalue weighted by Crippen LogP contribution is 2.65. The van der Waals surface area contributed by atoms with Crippen molar-refractivity contribution in [2.45, 2.75) is 11.3 Å². The lowest BCUT2D eigenvalue weighted by atomic mass is 9.75. The number of esters is 1. The first-order chi connectivity index (χ1) is 29.1. The number of Topliss-reactive ketones (excluding diaryl/α,β-unsaturated/α-hetero) is 1. The highest BCUT2D eigenvalue weighted by atomic mass is 16.6. The van der Waals surface area contributed by atoms with Gasteiger partial charge in [-0.05, 0) is 77.9 Å². The summed E-state index contributed by atoms with van der Waals surface area (Å²) in [5, 5.41) is 33.9. The minimum absolute atomic E-state index is 0.0114. The van der Waals surface area contributed by atoms with Crippen LogP contribution >= 0.6 is 0 Å². The number of phenols is 3. The SMILES string of the molecule is COc1cc(C2=CC(=C3C=Nc4ccccc43)C(=O)C23C(c2c[nH]c4ccccc24)=CC2(c4cc(OC)c(O)c(OC)c4)OC(=O)c4cc(O)ccc4N32)cc(OC)c1O.